The number of hydrogen-bond donors (Lipinski definition) is 7. The number of carboxylic acid groups (broad SMARTS) is 1. The highest BCUT2D eigenvalue weighted by molar-refractivity contribution is 6.01. The number of guanidine groups is 1. The Morgan fingerprint density at radius 3 is 2.26 bits per heavy atom. The summed E-state index contributed by atoms with van der Waals surface area (Å²) in [5.41, 5.74) is 11.5. The molecule has 1 fully saturated rings. The predicted molar refractivity (Wildman–Crippen MR) is 126 cm³/mol. The number of amides is 4. The normalized spacial score (nSPS) is 21.7. The van der Waals surface area contributed by atoms with Gasteiger partial charge in [0.05, 0.1) is 12.5 Å². The van der Waals surface area contributed by atoms with Gasteiger partial charge in [-0.2, -0.15) is 0 Å². The van der Waals surface area contributed by atoms with Crippen LogP contribution in [0.3, 0.4) is 0 Å². The van der Waals surface area contributed by atoms with Crippen molar-refractivity contribution in [3.05, 3.63) is 35.9 Å². The van der Waals surface area contributed by atoms with Crippen molar-refractivity contribution in [1.29, 1.82) is 0 Å². The summed E-state index contributed by atoms with van der Waals surface area (Å²) in [6.45, 7) is 0.250. The monoisotopic (exact) mass is 489 g/mol. The molecule has 0 spiro atoms. The van der Waals surface area contributed by atoms with E-state index in [1.807, 2.05) is 30.3 Å². The molecular weight excluding hydrogens is 458 g/mol. The van der Waals surface area contributed by atoms with Crippen molar-refractivity contribution in [3.8, 4) is 0 Å². The van der Waals surface area contributed by atoms with Crippen molar-refractivity contribution in [2.45, 2.75) is 50.2 Å². The van der Waals surface area contributed by atoms with Gasteiger partial charge in [0.1, 0.15) is 18.5 Å². The van der Waals surface area contributed by atoms with Crippen molar-refractivity contribution >= 4 is 35.6 Å². The van der Waals surface area contributed by atoms with Gasteiger partial charge < -0.3 is 37.8 Å². The molecule has 0 aromatic heterocycles. The summed E-state index contributed by atoms with van der Waals surface area (Å²) >= 11 is 0. The summed E-state index contributed by atoms with van der Waals surface area (Å²) < 4.78 is 0. The lowest BCUT2D eigenvalue weighted by atomic mass is 10.0. The minimum absolute atomic E-state index is 0.00742. The van der Waals surface area contributed by atoms with E-state index in [1.165, 1.54) is 0 Å². The standard InChI is InChI=1S/C22H31N7O6/c23-22(24)25-8-4-7-15-20(34)26-12-14(9-13-5-2-1-3-6-13)27-21(35)16(10-19(32)33)29-18(31)11-17(30)28-15/h1-3,5-6,14-16H,4,7-12H2,(H,26,34)(H,27,35)(H,28,30)(H,29,31)(H,32,33)(H4,23,24,25)/t14-,15+,16-/m0/s1. The fraction of sp³-hybridized carbons (Fsp3) is 0.455. The Hall–Kier alpha value is -4.16. The van der Waals surface area contributed by atoms with Crippen LogP contribution in [0.1, 0.15) is 31.2 Å². The molecule has 0 aliphatic carbocycles. The molecular formula is C22H31N7O6. The second kappa shape index (κ2) is 13.5. The van der Waals surface area contributed by atoms with Gasteiger partial charge in [-0.15, -0.1) is 0 Å². The first kappa shape index (κ1) is 27.1. The number of nitrogens with zero attached hydrogens (tertiary/aromatic N) is 1. The Bertz CT molecular complexity index is 949. The molecule has 1 aliphatic rings. The second-order valence-corrected chi connectivity index (χ2v) is 8.10. The number of hydrogen-bond acceptors (Lipinski definition) is 6. The zero-order chi connectivity index (χ0) is 25.8. The summed E-state index contributed by atoms with van der Waals surface area (Å²) in [6, 6.07) is 6.21. The van der Waals surface area contributed by atoms with Crippen LogP contribution < -0.4 is 32.7 Å². The largest absolute Gasteiger partial charge is 0.481 e. The van der Waals surface area contributed by atoms with E-state index in [4.69, 9.17) is 11.5 Å². The average molecular weight is 490 g/mol. The van der Waals surface area contributed by atoms with Crippen molar-refractivity contribution in [3.63, 3.8) is 0 Å². The van der Waals surface area contributed by atoms with Gasteiger partial charge >= 0.3 is 5.97 Å². The fourth-order valence-corrected chi connectivity index (χ4v) is 3.51. The highest BCUT2D eigenvalue weighted by Gasteiger charge is 2.29. The molecule has 13 heteroatoms. The Labute approximate surface area is 202 Å². The van der Waals surface area contributed by atoms with E-state index in [1.54, 1.807) is 0 Å². The van der Waals surface area contributed by atoms with Crippen LogP contribution in [0.2, 0.25) is 0 Å². The molecule has 0 saturated carbocycles. The van der Waals surface area contributed by atoms with E-state index in [0.29, 0.717) is 12.8 Å². The lowest BCUT2D eigenvalue weighted by Gasteiger charge is -2.24. The number of carbonyl (C=O) groups is 5. The van der Waals surface area contributed by atoms with E-state index in [-0.39, 0.29) is 25.5 Å². The third-order valence-corrected chi connectivity index (χ3v) is 5.14. The van der Waals surface area contributed by atoms with Crippen LogP contribution in [-0.4, -0.2) is 71.9 Å². The third kappa shape index (κ3) is 10.1. The molecule has 0 bridgehead atoms. The molecule has 1 aromatic carbocycles. The molecule has 1 heterocycles. The van der Waals surface area contributed by atoms with Gasteiger partial charge in [0.2, 0.25) is 23.6 Å². The fourth-order valence-electron chi connectivity index (χ4n) is 3.51. The Morgan fingerprint density at radius 2 is 1.63 bits per heavy atom. The van der Waals surface area contributed by atoms with E-state index < -0.39 is 60.6 Å². The number of rotatable bonds is 8. The molecule has 3 atom stereocenters. The number of aliphatic imine (C=N–C) groups is 1. The summed E-state index contributed by atoms with van der Waals surface area (Å²) in [6.07, 6.45) is -0.436. The van der Waals surface area contributed by atoms with Crippen LogP contribution in [0.25, 0.3) is 0 Å². The van der Waals surface area contributed by atoms with Gasteiger partial charge in [0, 0.05) is 13.1 Å². The van der Waals surface area contributed by atoms with E-state index in [0.717, 1.165) is 5.56 Å². The van der Waals surface area contributed by atoms with Crippen LogP contribution in [0.15, 0.2) is 35.3 Å². The average Bonchev–Trinajstić information content (AvgIpc) is 2.78. The van der Waals surface area contributed by atoms with Crippen LogP contribution in [0.4, 0.5) is 0 Å². The molecule has 0 radical (unpaired) electrons. The zero-order valence-corrected chi connectivity index (χ0v) is 19.2. The summed E-state index contributed by atoms with van der Waals surface area (Å²) in [7, 11) is 0. The molecule has 13 nitrogen and oxygen atoms in total. The van der Waals surface area contributed by atoms with E-state index in [9.17, 15) is 29.1 Å². The molecule has 1 aliphatic heterocycles. The number of carboxylic acids is 1. The maximum atomic E-state index is 12.9. The van der Waals surface area contributed by atoms with E-state index in [2.05, 4.69) is 26.3 Å². The van der Waals surface area contributed by atoms with Crippen molar-refractivity contribution in [2.75, 3.05) is 13.1 Å². The highest BCUT2D eigenvalue weighted by Crippen LogP contribution is 2.06. The topological polar surface area (TPSA) is 218 Å². The number of nitrogens with two attached hydrogens (primary N) is 2. The number of nitrogens with one attached hydrogen (secondary N) is 4. The quantitative estimate of drug-likeness (QED) is 0.0911. The van der Waals surface area contributed by atoms with Crippen molar-refractivity contribution < 1.29 is 29.1 Å². The maximum absolute atomic E-state index is 12.9. The van der Waals surface area contributed by atoms with Crippen LogP contribution in [-0.2, 0) is 30.4 Å². The third-order valence-electron chi connectivity index (χ3n) is 5.14. The maximum Gasteiger partial charge on any atom is 0.305 e. The summed E-state index contributed by atoms with van der Waals surface area (Å²) in [4.78, 5) is 65.5. The van der Waals surface area contributed by atoms with Crippen LogP contribution >= 0.6 is 0 Å². The molecule has 35 heavy (non-hydrogen) atoms. The van der Waals surface area contributed by atoms with Gasteiger partial charge in [-0.05, 0) is 24.8 Å². The van der Waals surface area contributed by atoms with Gasteiger partial charge in [-0.25, -0.2) is 0 Å². The first-order valence-corrected chi connectivity index (χ1v) is 11.1. The Morgan fingerprint density at radius 1 is 0.971 bits per heavy atom. The number of aliphatic carboxylic acids is 1. The summed E-state index contributed by atoms with van der Waals surface area (Å²) in [5, 5.41) is 19.4. The first-order chi connectivity index (χ1) is 16.6. The zero-order valence-electron chi connectivity index (χ0n) is 19.2. The van der Waals surface area contributed by atoms with Gasteiger partial charge in [0.15, 0.2) is 5.96 Å². The SMILES string of the molecule is NC(N)=NCCC[C@H]1NC(=O)CC(=O)N[C@@H](CC(=O)O)C(=O)N[C@@H](Cc2ccccc2)CNC1=O. The van der Waals surface area contributed by atoms with Crippen molar-refractivity contribution in [2.24, 2.45) is 16.5 Å². The lowest BCUT2D eigenvalue weighted by molar-refractivity contribution is -0.141. The second-order valence-electron chi connectivity index (χ2n) is 8.10. The van der Waals surface area contributed by atoms with Gasteiger partial charge in [-0.3, -0.25) is 29.0 Å². The lowest BCUT2D eigenvalue weighted by Crippen LogP contribution is -2.54. The van der Waals surface area contributed by atoms with Crippen molar-refractivity contribution in [1.82, 2.24) is 21.3 Å². The number of benzene rings is 1. The molecule has 1 saturated heterocycles. The van der Waals surface area contributed by atoms with Gasteiger partial charge in [0.25, 0.3) is 0 Å². The predicted octanol–water partition coefficient (Wildman–Crippen LogP) is -2.27. The highest BCUT2D eigenvalue weighted by atomic mass is 16.4. The molecule has 4 amide bonds. The molecule has 2 rings (SSSR count). The number of carbonyl (C=O) groups excluding carboxylic acids is 4. The molecule has 1 aromatic rings. The smallest absolute Gasteiger partial charge is 0.305 e. The van der Waals surface area contributed by atoms with E-state index >= 15 is 0 Å². The van der Waals surface area contributed by atoms with Crippen LogP contribution in [0.5, 0.6) is 0 Å². The molecule has 0 unspecified atom stereocenters. The molecule has 190 valence electrons. The Balaban J connectivity index is 2.24. The molecule has 9 N–H and O–H groups in total. The minimum Gasteiger partial charge on any atom is -0.481 e. The first-order valence-electron chi connectivity index (χ1n) is 11.1. The van der Waals surface area contributed by atoms with Gasteiger partial charge in [-0.1, -0.05) is 30.3 Å². The Kier molecular flexibility index (Phi) is 10.5. The minimum atomic E-state index is -1.39. The van der Waals surface area contributed by atoms with Crippen LogP contribution in [0, 0.1) is 0 Å². The summed E-state index contributed by atoms with van der Waals surface area (Å²) in [5.74, 6) is -4.23.